The second kappa shape index (κ2) is 6.02. The molecule has 124 valence electrons. The van der Waals surface area contributed by atoms with Crippen LogP contribution in [0.3, 0.4) is 0 Å². The molecule has 8 nitrogen and oxygen atoms in total. The van der Waals surface area contributed by atoms with Gasteiger partial charge in [0.25, 0.3) is 0 Å². The van der Waals surface area contributed by atoms with Gasteiger partial charge in [0, 0.05) is 18.4 Å². The number of nitrogens with one attached hydrogen (secondary N) is 3. The second-order valence-electron chi connectivity index (χ2n) is 5.24. The van der Waals surface area contributed by atoms with Gasteiger partial charge in [0.15, 0.2) is 0 Å². The van der Waals surface area contributed by atoms with Gasteiger partial charge in [-0.25, -0.2) is 13.1 Å². The molecule has 3 N–H and O–H groups in total. The van der Waals surface area contributed by atoms with E-state index in [2.05, 4.69) is 19.7 Å². The maximum atomic E-state index is 12.5. The molecule has 0 saturated carbocycles. The van der Waals surface area contributed by atoms with Crippen molar-refractivity contribution >= 4 is 21.1 Å². The highest BCUT2D eigenvalue weighted by Crippen LogP contribution is 2.18. The fraction of sp³-hybridized carbons (Fsp3) is 0.133. The number of sulfonamides is 1. The first-order chi connectivity index (χ1) is 11.4. The lowest BCUT2D eigenvalue weighted by Gasteiger charge is -2.14. The molecule has 0 saturated heterocycles. The first kappa shape index (κ1) is 16.1. The fourth-order valence-electron chi connectivity index (χ4n) is 2.26. The summed E-state index contributed by atoms with van der Waals surface area (Å²) in [4.78, 5) is 31.3. The van der Waals surface area contributed by atoms with Gasteiger partial charge in [0.05, 0.1) is 15.9 Å². The second-order valence-corrected chi connectivity index (χ2v) is 6.96. The summed E-state index contributed by atoms with van der Waals surface area (Å²) in [5.74, 6) is 0. The van der Waals surface area contributed by atoms with Crippen molar-refractivity contribution in [2.75, 3.05) is 0 Å². The highest BCUT2D eigenvalue weighted by molar-refractivity contribution is 7.89. The Labute approximate surface area is 136 Å². The van der Waals surface area contributed by atoms with Gasteiger partial charge in [-0.05, 0) is 36.8 Å². The highest BCUT2D eigenvalue weighted by Gasteiger charge is 2.19. The van der Waals surface area contributed by atoms with Crippen molar-refractivity contribution in [2.45, 2.75) is 17.9 Å². The zero-order valence-electron chi connectivity index (χ0n) is 12.6. The molecule has 0 spiro atoms. The number of aromatic nitrogens is 3. The van der Waals surface area contributed by atoms with Gasteiger partial charge in [0.2, 0.25) is 10.0 Å². The van der Waals surface area contributed by atoms with Gasteiger partial charge in [-0.15, -0.1) is 0 Å². The molecule has 0 radical (unpaired) electrons. The Bertz CT molecular complexity index is 1100. The van der Waals surface area contributed by atoms with E-state index < -0.39 is 27.2 Å². The summed E-state index contributed by atoms with van der Waals surface area (Å²) in [7, 11) is -3.81. The number of nitrogens with zero attached hydrogens (tertiary/aromatic N) is 1. The standard InChI is InChI=1S/C15H14N4O4S/c1-9(10-3-2-6-16-8-10)19-24(22,23)11-4-5-12-13(7-11)18-15(21)14(20)17-12/h2-9,19H,1H3,(H,17,20)(H,18,21). The summed E-state index contributed by atoms with van der Waals surface area (Å²) < 4.78 is 27.6. The molecule has 1 atom stereocenters. The molecule has 0 bridgehead atoms. The molecule has 2 aromatic heterocycles. The monoisotopic (exact) mass is 346 g/mol. The Balaban J connectivity index is 1.97. The molecule has 1 unspecified atom stereocenters. The summed E-state index contributed by atoms with van der Waals surface area (Å²) in [6, 6.07) is 7.09. The van der Waals surface area contributed by atoms with Crippen molar-refractivity contribution < 1.29 is 8.42 Å². The van der Waals surface area contributed by atoms with Crippen LogP contribution in [0.25, 0.3) is 11.0 Å². The Hall–Kier alpha value is -2.78. The van der Waals surface area contributed by atoms with Crippen LogP contribution in [0.5, 0.6) is 0 Å². The number of rotatable bonds is 4. The fourth-order valence-corrected chi connectivity index (χ4v) is 3.52. The zero-order chi connectivity index (χ0) is 17.3. The van der Waals surface area contributed by atoms with Crippen LogP contribution >= 0.6 is 0 Å². The molecule has 0 aliphatic carbocycles. The quantitative estimate of drug-likeness (QED) is 0.598. The Morgan fingerprint density at radius 2 is 1.79 bits per heavy atom. The van der Waals surface area contributed by atoms with Gasteiger partial charge in [-0.2, -0.15) is 0 Å². The van der Waals surface area contributed by atoms with Crippen molar-refractivity contribution in [3.63, 3.8) is 0 Å². The number of hydrogen-bond donors (Lipinski definition) is 3. The highest BCUT2D eigenvalue weighted by atomic mass is 32.2. The van der Waals surface area contributed by atoms with Crippen LogP contribution in [0, 0.1) is 0 Å². The lowest BCUT2D eigenvalue weighted by atomic mass is 10.2. The molecule has 0 fully saturated rings. The number of hydrogen-bond acceptors (Lipinski definition) is 5. The third kappa shape index (κ3) is 3.12. The van der Waals surface area contributed by atoms with E-state index >= 15 is 0 Å². The van der Waals surface area contributed by atoms with Crippen LogP contribution in [-0.2, 0) is 10.0 Å². The zero-order valence-corrected chi connectivity index (χ0v) is 13.4. The van der Waals surface area contributed by atoms with E-state index in [4.69, 9.17) is 0 Å². The van der Waals surface area contributed by atoms with E-state index in [0.717, 1.165) is 5.56 Å². The van der Waals surface area contributed by atoms with Gasteiger partial charge >= 0.3 is 11.1 Å². The average molecular weight is 346 g/mol. The lowest BCUT2D eigenvalue weighted by molar-refractivity contribution is 0.566. The summed E-state index contributed by atoms with van der Waals surface area (Å²) in [5.41, 5.74) is -0.329. The number of H-pyrrole nitrogens is 2. The first-order valence-electron chi connectivity index (χ1n) is 7.05. The van der Waals surface area contributed by atoms with E-state index in [1.165, 1.54) is 18.2 Å². The molecule has 24 heavy (non-hydrogen) atoms. The smallest absolute Gasteiger partial charge is 0.314 e. The van der Waals surface area contributed by atoms with Gasteiger partial charge in [0.1, 0.15) is 0 Å². The largest absolute Gasteiger partial charge is 0.316 e. The Morgan fingerprint density at radius 1 is 1.08 bits per heavy atom. The van der Waals surface area contributed by atoms with E-state index in [9.17, 15) is 18.0 Å². The minimum absolute atomic E-state index is 0.0200. The van der Waals surface area contributed by atoms with Crippen molar-refractivity contribution in [2.24, 2.45) is 0 Å². The topological polar surface area (TPSA) is 125 Å². The van der Waals surface area contributed by atoms with Gasteiger partial charge in [-0.1, -0.05) is 6.07 Å². The number of pyridine rings is 1. The number of fused-ring (bicyclic) bond motifs is 1. The van der Waals surface area contributed by atoms with Crippen LogP contribution in [0.2, 0.25) is 0 Å². The molecule has 2 heterocycles. The summed E-state index contributed by atoms with van der Waals surface area (Å²) in [5, 5.41) is 0. The summed E-state index contributed by atoms with van der Waals surface area (Å²) in [6.07, 6.45) is 3.18. The average Bonchev–Trinajstić information content (AvgIpc) is 2.56. The van der Waals surface area contributed by atoms with Crippen molar-refractivity contribution in [3.05, 3.63) is 69.0 Å². The maximum Gasteiger partial charge on any atom is 0.314 e. The molecule has 3 rings (SSSR count). The SMILES string of the molecule is CC(NS(=O)(=O)c1ccc2[nH]c(=O)c(=O)[nH]c2c1)c1cccnc1. The predicted octanol–water partition coefficient (Wildman–Crippen LogP) is 0.651. The van der Waals surface area contributed by atoms with E-state index in [0.29, 0.717) is 5.52 Å². The maximum absolute atomic E-state index is 12.5. The van der Waals surface area contributed by atoms with Crippen molar-refractivity contribution in [1.82, 2.24) is 19.7 Å². The Kier molecular flexibility index (Phi) is 4.04. The number of benzene rings is 1. The molecule has 0 aliphatic rings. The van der Waals surface area contributed by atoms with Crippen LogP contribution in [-0.4, -0.2) is 23.4 Å². The van der Waals surface area contributed by atoms with Crippen molar-refractivity contribution in [1.29, 1.82) is 0 Å². The minimum atomic E-state index is -3.81. The normalized spacial score (nSPS) is 13.0. The molecule has 3 aromatic rings. The van der Waals surface area contributed by atoms with E-state index in [-0.39, 0.29) is 10.4 Å². The van der Waals surface area contributed by atoms with Crippen LogP contribution in [0.4, 0.5) is 0 Å². The van der Waals surface area contributed by atoms with E-state index in [1.807, 2.05) is 0 Å². The molecular formula is C15H14N4O4S. The number of aromatic amines is 2. The molecule has 0 aliphatic heterocycles. The van der Waals surface area contributed by atoms with Crippen LogP contribution < -0.4 is 15.8 Å². The summed E-state index contributed by atoms with van der Waals surface area (Å²) in [6.45, 7) is 1.70. The van der Waals surface area contributed by atoms with Crippen LogP contribution in [0.1, 0.15) is 18.5 Å². The molecular weight excluding hydrogens is 332 g/mol. The Morgan fingerprint density at radius 3 is 2.46 bits per heavy atom. The van der Waals surface area contributed by atoms with Gasteiger partial charge < -0.3 is 9.97 Å². The van der Waals surface area contributed by atoms with E-state index in [1.54, 1.807) is 31.5 Å². The van der Waals surface area contributed by atoms with Crippen molar-refractivity contribution in [3.8, 4) is 0 Å². The third-order valence-electron chi connectivity index (χ3n) is 3.52. The molecule has 9 heteroatoms. The predicted molar refractivity (Wildman–Crippen MR) is 88.2 cm³/mol. The first-order valence-corrected chi connectivity index (χ1v) is 8.54. The molecule has 1 aromatic carbocycles. The third-order valence-corrected chi connectivity index (χ3v) is 5.06. The van der Waals surface area contributed by atoms with Gasteiger partial charge in [-0.3, -0.25) is 14.6 Å². The minimum Gasteiger partial charge on any atom is -0.316 e. The molecule has 0 amide bonds. The summed E-state index contributed by atoms with van der Waals surface area (Å²) >= 11 is 0. The van der Waals surface area contributed by atoms with Crippen LogP contribution in [0.15, 0.2) is 57.2 Å². The lowest BCUT2D eigenvalue weighted by Crippen LogP contribution is -2.29.